The van der Waals surface area contributed by atoms with Crippen LogP contribution in [0.3, 0.4) is 0 Å². The van der Waals surface area contributed by atoms with E-state index >= 15 is 0 Å². The normalized spacial score (nSPS) is 16.7. The lowest BCUT2D eigenvalue weighted by Gasteiger charge is -2.31. The topological polar surface area (TPSA) is 53.3 Å². The molecule has 23 heavy (non-hydrogen) atoms. The molecule has 1 aromatic heterocycles. The van der Waals surface area contributed by atoms with E-state index in [2.05, 4.69) is 39.6 Å². The van der Waals surface area contributed by atoms with Gasteiger partial charge in [-0.3, -0.25) is 0 Å². The molecule has 5 nitrogen and oxygen atoms in total. The SMILES string of the molecule is OCCN1CCC(CNCc2ccc(-n3cccn3)cc2)CC1. The second-order valence-electron chi connectivity index (χ2n) is 6.26. The van der Waals surface area contributed by atoms with E-state index in [1.165, 1.54) is 18.4 Å². The van der Waals surface area contributed by atoms with Crippen LogP contribution in [0, 0.1) is 5.92 Å². The molecule has 1 aliphatic heterocycles. The molecular weight excluding hydrogens is 288 g/mol. The number of hydrogen-bond donors (Lipinski definition) is 2. The van der Waals surface area contributed by atoms with Crippen molar-refractivity contribution in [2.45, 2.75) is 19.4 Å². The molecule has 0 amide bonds. The van der Waals surface area contributed by atoms with Gasteiger partial charge in [0.05, 0.1) is 12.3 Å². The summed E-state index contributed by atoms with van der Waals surface area (Å²) in [5.74, 6) is 0.758. The Morgan fingerprint density at radius 2 is 1.96 bits per heavy atom. The number of rotatable bonds is 7. The molecule has 5 heteroatoms. The monoisotopic (exact) mass is 314 g/mol. The van der Waals surface area contributed by atoms with Crippen LogP contribution in [0.5, 0.6) is 0 Å². The Bertz CT molecular complexity index is 559. The molecule has 0 bridgehead atoms. The van der Waals surface area contributed by atoms with Crippen molar-refractivity contribution >= 4 is 0 Å². The molecule has 2 N–H and O–H groups in total. The van der Waals surface area contributed by atoms with E-state index in [-0.39, 0.29) is 6.61 Å². The average molecular weight is 314 g/mol. The summed E-state index contributed by atoms with van der Waals surface area (Å²) in [6, 6.07) is 10.5. The molecule has 0 atom stereocenters. The van der Waals surface area contributed by atoms with Crippen LogP contribution >= 0.6 is 0 Å². The summed E-state index contributed by atoms with van der Waals surface area (Å²) in [5, 5.41) is 16.8. The Morgan fingerprint density at radius 3 is 2.61 bits per heavy atom. The van der Waals surface area contributed by atoms with Crippen molar-refractivity contribution in [2.24, 2.45) is 5.92 Å². The van der Waals surface area contributed by atoms with Crippen LogP contribution in [0.25, 0.3) is 5.69 Å². The van der Waals surface area contributed by atoms with Crippen LogP contribution < -0.4 is 5.32 Å². The van der Waals surface area contributed by atoms with Crippen molar-refractivity contribution in [3.05, 3.63) is 48.3 Å². The lowest BCUT2D eigenvalue weighted by Crippen LogP contribution is -2.38. The molecule has 124 valence electrons. The van der Waals surface area contributed by atoms with Gasteiger partial charge in [-0.15, -0.1) is 0 Å². The number of aromatic nitrogens is 2. The van der Waals surface area contributed by atoms with Crippen LogP contribution in [0.2, 0.25) is 0 Å². The Labute approximate surface area is 137 Å². The number of hydrogen-bond acceptors (Lipinski definition) is 4. The fraction of sp³-hybridized carbons (Fsp3) is 0.500. The predicted molar refractivity (Wildman–Crippen MR) is 91.5 cm³/mol. The number of β-amino-alcohol motifs (C(OH)–C–C–N with tert-alkyl or cyclic N) is 1. The maximum atomic E-state index is 8.97. The number of piperidine rings is 1. The highest BCUT2D eigenvalue weighted by atomic mass is 16.3. The summed E-state index contributed by atoms with van der Waals surface area (Å²) >= 11 is 0. The van der Waals surface area contributed by atoms with Gasteiger partial charge in [0.25, 0.3) is 0 Å². The van der Waals surface area contributed by atoms with E-state index in [0.717, 1.165) is 44.3 Å². The van der Waals surface area contributed by atoms with Gasteiger partial charge in [-0.05, 0) is 62.2 Å². The van der Waals surface area contributed by atoms with Crippen molar-refractivity contribution in [1.29, 1.82) is 0 Å². The van der Waals surface area contributed by atoms with Crippen molar-refractivity contribution in [3.8, 4) is 5.69 Å². The zero-order valence-corrected chi connectivity index (χ0v) is 13.6. The third-order valence-corrected chi connectivity index (χ3v) is 4.59. The molecule has 2 aromatic rings. The second-order valence-corrected chi connectivity index (χ2v) is 6.26. The first-order valence-electron chi connectivity index (χ1n) is 8.48. The molecule has 0 radical (unpaired) electrons. The molecule has 1 fully saturated rings. The molecule has 1 aromatic carbocycles. The summed E-state index contributed by atoms with van der Waals surface area (Å²) in [5.41, 5.74) is 2.40. The third-order valence-electron chi connectivity index (χ3n) is 4.59. The summed E-state index contributed by atoms with van der Waals surface area (Å²) in [6.45, 7) is 5.32. The highest BCUT2D eigenvalue weighted by Crippen LogP contribution is 2.16. The first-order chi connectivity index (χ1) is 11.3. The van der Waals surface area contributed by atoms with Gasteiger partial charge in [0.1, 0.15) is 0 Å². The van der Waals surface area contributed by atoms with Gasteiger partial charge in [-0.25, -0.2) is 4.68 Å². The van der Waals surface area contributed by atoms with Gasteiger partial charge in [-0.2, -0.15) is 5.10 Å². The lowest BCUT2D eigenvalue weighted by atomic mass is 9.97. The number of aliphatic hydroxyl groups excluding tert-OH is 1. The Kier molecular flexibility index (Phi) is 5.80. The van der Waals surface area contributed by atoms with E-state index in [0.29, 0.717) is 0 Å². The zero-order valence-electron chi connectivity index (χ0n) is 13.6. The fourth-order valence-corrected chi connectivity index (χ4v) is 3.16. The summed E-state index contributed by atoms with van der Waals surface area (Å²) < 4.78 is 1.87. The van der Waals surface area contributed by atoms with Crippen LogP contribution in [0.4, 0.5) is 0 Å². The van der Waals surface area contributed by atoms with E-state index in [1.54, 1.807) is 6.20 Å². The average Bonchev–Trinajstić information content (AvgIpc) is 3.12. The minimum Gasteiger partial charge on any atom is -0.395 e. The van der Waals surface area contributed by atoms with Crippen LogP contribution in [0.15, 0.2) is 42.7 Å². The molecule has 1 aliphatic rings. The largest absolute Gasteiger partial charge is 0.395 e. The molecule has 3 rings (SSSR count). The minimum atomic E-state index is 0.275. The van der Waals surface area contributed by atoms with Crippen LogP contribution in [-0.2, 0) is 6.54 Å². The van der Waals surface area contributed by atoms with Gasteiger partial charge in [0.15, 0.2) is 0 Å². The van der Waals surface area contributed by atoms with Gasteiger partial charge >= 0.3 is 0 Å². The van der Waals surface area contributed by atoms with Gasteiger partial charge in [0, 0.05) is 25.5 Å². The smallest absolute Gasteiger partial charge is 0.0645 e. The number of nitrogens with one attached hydrogen (secondary N) is 1. The maximum absolute atomic E-state index is 8.97. The molecule has 0 saturated carbocycles. The Balaban J connectivity index is 1.39. The van der Waals surface area contributed by atoms with Gasteiger partial charge < -0.3 is 15.3 Å². The standard InChI is InChI=1S/C18H26N4O/c23-13-12-21-10-6-17(7-11-21)15-19-14-16-2-4-18(5-3-16)22-9-1-8-20-22/h1-5,8-9,17,19,23H,6-7,10-15H2. The molecule has 0 aliphatic carbocycles. The molecular formula is C18H26N4O. The number of nitrogens with zero attached hydrogens (tertiary/aromatic N) is 3. The lowest BCUT2D eigenvalue weighted by molar-refractivity contribution is 0.146. The Hall–Kier alpha value is -1.69. The second kappa shape index (κ2) is 8.24. The summed E-state index contributed by atoms with van der Waals surface area (Å²) in [6.07, 6.45) is 6.20. The van der Waals surface area contributed by atoms with E-state index in [4.69, 9.17) is 5.11 Å². The molecule has 1 saturated heterocycles. The number of aliphatic hydroxyl groups is 1. The number of likely N-dealkylation sites (tertiary alicyclic amines) is 1. The van der Waals surface area contributed by atoms with E-state index < -0.39 is 0 Å². The number of benzene rings is 1. The third kappa shape index (κ3) is 4.64. The van der Waals surface area contributed by atoms with Crippen molar-refractivity contribution < 1.29 is 5.11 Å². The van der Waals surface area contributed by atoms with Crippen LogP contribution in [-0.4, -0.2) is 52.6 Å². The first kappa shape index (κ1) is 16.2. The maximum Gasteiger partial charge on any atom is 0.0645 e. The van der Waals surface area contributed by atoms with E-state index in [1.807, 2.05) is 16.9 Å². The quantitative estimate of drug-likeness (QED) is 0.816. The first-order valence-corrected chi connectivity index (χ1v) is 8.48. The van der Waals surface area contributed by atoms with Gasteiger partial charge in [-0.1, -0.05) is 12.1 Å². The Morgan fingerprint density at radius 1 is 1.17 bits per heavy atom. The summed E-state index contributed by atoms with van der Waals surface area (Å²) in [4.78, 5) is 2.35. The molecule has 0 spiro atoms. The fourth-order valence-electron chi connectivity index (χ4n) is 3.16. The minimum absolute atomic E-state index is 0.275. The highest BCUT2D eigenvalue weighted by molar-refractivity contribution is 5.33. The van der Waals surface area contributed by atoms with Crippen molar-refractivity contribution in [1.82, 2.24) is 20.0 Å². The van der Waals surface area contributed by atoms with E-state index in [9.17, 15) is 0 Å². The van der Waals surface area contributed by atoms with Gasteiger partial charge in [0.2, 0.25) is 0 Å². The highest BCUT2D eigenvalue weighted by Gasteiger charge is 2.18. The van der Waals surface area contributed by atoms with Crippen molar-refractivity contribution in [2.75, 3.05) is 32.8 Å². The molecule has 2 heterocycles. The molecule has 0 unspecified atom stereocenters. The zero-order chi connectivity index (χ0) is 15.9. The summed E-state index contributed by atoms with van der Waals surface area (Å²) in [7, 11) is 0. The van der Waals surface area contributed by atoms with Crippen LogP contribution in [0.1, 0.15) is 18.4 Å². The predicted octanol–water partition coefficient (Wildman–Crippen LogP) is 1.67. The van der Waals surface area contributed by atoms with Crippen molar-refractivity contribution in [3.63, 3.8) is 0 Å².